The van der Waals surface area contributed by atoms with Crippen molar-refractivity contribution in [3.63, 3.8) is 0 Å². The lowest BCUT2D eigenvalue weighted by atomic mass is 9.88. The van der Waals surface area contributed by atoms with Crippen molar-refractivity contribution in [1.82, 2.24) is 15.1 Å². The number of nitrogens with zero attached hydrogens (tertiary/aromatic N) is 3. The summed E-state index contributed by atoms with van der Waals surface area (Å²) in [4.78, 5) is 9.84. The SMILES string of the molecule is CN=C(NCC1(N2CCCC2)CCOCC1)N1CCC(Cc2ccccc2)CC1. The molecule has 0 aliphatic carbocycles. The molecule has 0 unspecified atom stereocenters. The number of rotatable bonds is 5. The zero-order valence-corrected chi connectivity index (χ0v) is 18.1. The number of ether oxygens (including phenoxy) is 1. The molecule has 0 amide bonds. The summed E-state index contributed by atoms with van der Waals surface area (Å²) >= 11 is 0. The predicted molar refractivity (Wildman–Crippen MR) is 119 cm³/mol. The fourth-order valence-corrected chi connectivity index (χ4v) is 5.42. The lowest BCUT2D eigenvalue weighted by Crippen LogP contribution is -2.59. The van der Waals surface area contributed by atoms with Crippen molar-refractivity contribution in [2.45, 2.75) is 50.5 Å². The van der Waals surface area contributed by atoms with Crippen LogP contribution in [0.25, 0.3) is 0 Å². The van der Waals surface area contributed by atoms with E-state index in [0.29, 0.717) is 0 Å². The predicted octanol–water partition coefficient (Wildman–Crippen LogP) is 3.16. The Morgan fingerprint density at radius 2 is 1.76 bits per heavy atom. The first-order valence-electron chi connectivity index (χ1n) is 11.6. The topological polar surface area (TPSA) is 40.1 Å². The highest BCUT2D eigenvalue weighted by Gasteiger charge is 2.40. The van der Waals surface area contributed by atoms with Crippen molar-refractivity contribution in [2.24, 2.45) is 10.9 Å². The van der Waals surface area contributed by atoms with Crippen LogP contribution in [-0.4, -0.2) is 74.3 Å². The first-order valence-corrected chi connectivity index (χ1v) is 11.6. The first kappa shape index (κ1) is 20.7. The maximum Gasteiger partial charge on any atom is 0.193 e. The van der Waals surface area contributed by atoms with Crippen LogP contribution in [-0.2, 0) is 11.2 Å². The summed E-state index contributed by atoms with van der Waals surface area (Å²) in [6.45, 7) is 7.47. The highest BCUT2D eigenvalue weighted by Crippen LogP contribution is 2.31. The third kappa shape index (κ3) is 5.13. The molecule has 29 heavy (non-hydrogen) atoms. The number of hydrogen-bond acceptors (Lipinski definition) is 3. The van der Waals surface area contributed by atoms with Gasteiger partial charge in [-0.1, -0.05) is 30.3 Å². The standard InChI is InChI=1S/C24H38N4O/c1-25-23(26-20-24(11-17-29-18-12-24)28-13-5-6-14-28)27-15-9-22(10-16-27)19-21-7-3-2-4-8-21/h2-4,7-8,22H,5-6,9-20H2,1H3,(H,25,26). The molecular weight excluding hydrogens is 360 g/mol. The Morgan fingerprint density at radius 1 is 1.07 bits per heavy atom. The van der Waals surface area contributed by atoms with Gasteiger partial charge in [0.05, 0.1) is 0 Å². The van der Waals surface area contributed by atoms with E-state index in [1.54, 1.807) is 0 Å². The van der Waals surface area contributed by atoms with Gasteiger partial charge in [0.1, 0.15) is 0 Å². The molecule has 5 nitrogen and oxygen atoms in total. The van der Waals surface area contributed by atoms with E-state index in [4.69, 9.17) is 4.74 Å². The van der Waals surface area contributed by atoms with E-state index in [-0.39, 0.29) is 5.54 Å². The molecule has 0 atom stereocenters. The molecule has 0 radical (unpaired) electrons. The molecule has 1 N–H and O–H groups in total. The zero-order valence-electron chi connectivity index (χ0n) is 18.1. The third-order valence-electron chi connectivity index (χ3n) is 7.27. The van der Waals surface area contributed by atoms with Crippen LogP contribution in [0.2, 0.25) is 0 Å². The third-order valence-corrected chi connectivity index (χ3v) is 7.27. The molecular formula is C24H38N4O. The van der Waals surface area contributed by atoms with E-state index in [0.717, 1.165) is 57.6 Å². The first-order chi connectivity index (χ1) is 14.3. The van der Waals surface area contributed by atoms with Gasteiger partial charge in [-0.2, -0.15) is 0 Å². The van der Waals surface area contributed by atoms with Gasteiger partial charge in [0.2, 0.25) is 0 Å². The summed E-state index contributed by atoms with van der Waals surface area (Å²) in [5, 5.41) is 3.77. The summed E-state index contributed by atoms with van der Waals surface area (Å²) in [5.74, 6) is 1.88. The molecule has 0 spiro atoms. The second-order valence-electron chi connectivity index (χ2n) is 9.05. The average Bonchev–Trinajstić information content (AvgIpc) is 3.32. The van der Waals surface area contributed by atoms with Crippen molar-refractivity contribution in [1.29, 1.82) is 0 Å². The zero-order chi connectivity index (χ0) is 19.9. The van der Waals surface area contributed by atoms with Crippen LogP contribution in [0.15, 0.2) is 35.3 Å². The van der Waals surface area contributed by atoms with E-state index in [9.17, 15) is 0 Å². The monoisotopic (exact) mass is 398 g/mol. The van der Waals surface area contributed by atoms with E-state index in [2.05, 4.69) is 50.4 Å². The lowest BCUT2D eigenvalue weighted by Gasteiger charge is -2.45. The molecule has 0 bridgehead atoms. The number of benzene rings is 1. The highest BCUT2D eigenvalue weighted by molar-refractivity contribution is 5.80. The second kappa shape index (κ2) is 9.94. The molecule has 1 aromatic rings. The molecule has 3 heterocycles. The summed E-state index contributed by atoms with van der Waals surface area (Å²) in [6, 6.07) is 10.9. The van der Waals surface area contributed by atoms with Crippen molar-refractivity contribution in [2.75, 3.05) is 53.0 Å². The maximum atomic E-state index is 5.70. The quantitative estimate of drug-likeness (QED) is 0.611. The highest BCUT2D eigenvalue weighted by atomic mass is 16.5. The molecule has 4 rings (SSSR count). The van der Waals surface area contributed by atoms with Crippen molar-refractivity contribution >= 4 is 5.96 Å². The smallest absolute Gasteiger partial charge is 0.193 e. The average molecular weight is 399 g/mol. The number of aliphatic imine (C=N–C) groups is 1. The van der Waals surface area contributed by atoms with Crippen LogP contribution >= 0.6 is 0 Å². The summed E-state index contributed by atoms with van der Waals surface area (Å²) < 4.78 is 5.70. The normalized spacial score (nSPS) is 24.0. The number of hydrogen-bond donors (Lipinski definition) is 1. The van der Waals surface area contributed by atoms with Gasteiger partial charge >= 0.3 is 0 Å². The van der Waals surface area contributed by atoms with Gasteiger partial charge < -0.3 is 15.0 Å². The van der Waals surface area contributed by atoms with Crippen LogP contribution in [0.4, 0.5) is 0 Å². The van der Waals surface area contributed by atoms with Crippen LogP contribution in [0, 0.1) is 5.92 Å². The minimum absolute atomic E-state index is 0.246. The van der Waals surface area contributed by atoms with Gasteiger partial charge in [0, 0.05) is 45.4 Å². The Bertz CT molecular complexity index is 642. The Balaban J connectivity index is 1.30. The van der Waals surface area contributed by atoms with E-state index >= 15 is 0 Å². The molecule has 3 fully saturated rings. The molecule has 3 aliphatic heterocycles. The molecule has 160 valence electrons. The molecule has 3 aliphatic rings. The summed E-state index contributed by atoms with van der Waals surface area (Å²) in [5.41, 5.74) is 1.72. The van der Waals surface area contributed by atoms with Gasteiger partial charge in [-0.25, -0.2) is 0 Å². The molecule has 5 heteroatoms. The maximum absolute atomic E-state index is 5.70. The number of nitrogens with one attached hydrogen (secondary N) is 1. The second-order valence-corrected chi connectivity index (χ2v) is 9.05. The van der Waals surface area contributed by atoms with Crippen LogP contribution in [0.5, 0.6) is 0 Å². The van der Waals surface area contributed by atoms with Gasteiger partial charge in [-0.15, -0.1) is 0 Å². The van der Waals surface area contributed by atoms with Gasteiger partial charge in [-0.3, -0.25) is 9.89 Å². The van der Waals surface area contributed by atoms with Crippen molar-refractivity contribution < 1.29 is 4.74 Å². The van der Waals surface area contributed by atoms with Crippen molar-refractivity contribution in [3.05, 3.63) is 35.9 Å². The lowest BCUT2D eigenvalue weighted by molar-refractivity contribution is -0.0167. The van der Waals surface area contributed by atoms with Gasteiger partial charge in [0.25, 0.3) is 0 Å². The van der Waals surface area contributed by atoms with Crippen LogP contribution < -0.4 is 5.32 Å². The Labute approximate surface area is 176 Å². The molecule has 1 aromatic carbocycles. The Kier molecular flexibility index (Phi) is 7.09. The van der Waals surface area contributed by atoms with E-state index < -0.39 is 0 Å². The number of guanidine groups is 1. The fourth-order valence-electron chi connectivity index (χ4n) is 5.42. The van der Waals surface area contributed by atoms with Crippen LogP contribution in [0.3, 0.4) is 0 Å². The minimum Gasteiger partial charge on any atom is -0.381 e. The minimum atomic E-state index is 0.246. The Morgan fingerprint density at radius 3 is 2.41 bits per heavy atom. The van der Waals surface area contributed by atoms with Crippen LogP contribution in [0.1, 0.15) is 44.1 Å². The fraction of sp³-hybridized carbons (Fsp3) is 0.708. The molecule has 3 saturated heterocycles. The number of likely N-dealkylation sites (tertiary alicyclic amines) is 2. The van der Waals surface area contributed by atoms with Crippen molar-refractivity contribution in [3.8, 4) is 0 Å². The number of piperidine rings is 1. The van der Waals surface area contributed by atoms with E-state index in [1.807, 2.05) is 7.05 Å². The van der Waals surface area contributed by atoms with Gasteiger partial charge in [-0.05, 0) is 69.5 Å². The largest absolute Gasteiger partial charge is 0.381 e. The van der Waals surface area contributed by atoms with E-state index in [1.165, 1.54) is 50.8 Å². The molecule has 0 aromatic heterocycles. The summed E-state index contributed by atoms with van der Waals surface area (Å²) in [6.07, 6.45) is 8.66. The van der Waals surface area contributed by atoms with Gasteiger partial charge in [0.15, 0.2) is 5.96 Å². The summed E-state index contributed by atoms with van der Waals surface area (Å²) in [7, 11) is 1.94. The molecule has 0 saturated carbocycles. The Hall–Kier alpha value is -1.59.